The van der Waals surface area contributed by atoms with Crippen molar-refractivity contribution in [2.45, 2.75) is 40.0 Å². The lowest BCUT2D eigenvalue weighted by atomic mass is 9.92. The first-order valence-electron chi connectivity index (χ1n) is 10.3. The standard InChI is InChI=1S/C25H28N4O/c1-6-30-20-13-11-19(12-14-20)27-23-15-22(25(3,4)5)28-24-21(16-26-29(23)24)18-9-7-17(2)8-10-18/h7-16,27H,6H2,1-5H3. The molecule has 0 saturated carbocycles. The van der Waals surface area contributed by atoms with Crippen LogP contribution in [-0.2, 0) is 5.41 Å². The normalized spacial score (nSPS) is 11.6. The van der Waals surface area contributed by atoms with E-state index in [1.807, 2.05) is 41.9 Å². The number of rotatable bonds is 5. The summed E-state index contributed by atoms with van der Waals surface area (Å²) in [7, 11) is 0. The van der Waals surface area contributed by atoms with Gasteiger partial charge >= 0.3 is 0 Å². The second-order valence-corrected chi connectivity index (χ2v) is 8.52. The maximum Gasteiger partial charge on any atom is 0.165 e. The van der Waals surface area contributed by atoms with Gasteiger partial charge in [-0.2, -0.15) is 9.61 Å². The van der Waals surface area contributed by atoms with E-state index in [0.29, 0.717) is 6.61 Å². The molecule has 0 aliphatic carbocycles. The molecule has 0 aliphatic rings. The Balaban J connectivity index is 1.81. The molecule has 1 N–H and O–H groups in total. The number of fused-ring (bicyclic) bond motifs is 1. The molecule has 2 aromatic heterocycles. The monoisotopic (exact) mass is 400 g/mol. The maximum atomic E-state index is 5.55. The second-order valence-electron chi connectivity index (χ2n) is 8.52. The van der Waals surface area contributed by atoms with E-state index in [4.69, 9.17) is 9.72 Å². The summed E-state index contributed by atoms with van der Waals surface area (Å²) in [6.45, 7) is 11.3. The van der Waals surface area contributed by atoms with Gasteiger partial charge in [-0.25, -0.2) is 4.98 Å². The number of hydrogen-bond donors (Lipinski definition) is 1. The molecule has 0 fully saturated rings. The van der Waals surface area contributed by atoms with Crippen molar-refractivity contribution in [3.8, 4) is 16.9 Å². The minimum atomic E-state index is -0.0914. The summed E-state index contributed by atoms with van der Waals surface area (Å²) in [5.74, 6) is 1.74. The summed E-state index contributed by atoms with van der Waals surface area (Å²) in [5, 5.41) is 8.16. The third-order valence-electron chi connectivity index (χ3n) is 5.04. The van der Waals surface area contributed by atoms with Crippen LogP contribution in [0.3, 0.4) is 0 Å². The average molecular weight is 401 g/mol. The first kappa shape index (κ1) is 20.0. The van der Waals surface area contributed by atoms with Gasteiger partial charge in [-0.15, -0.1) is 0 Å². The van der Waals surface area contributed by atoms with Crippen LogP contribution < -0.4 is 10.1 Å². The lowest BCUT2D eigenvalue weighted by molar-refractivity contribution is 0.340. The van der Waals surface area contributed by atoms with E-state index in [9.17, 15) is 0 Å². The van der Waals surface area contributed by atoms with Crippen molar-refractivity contribution in [2.75, 3.05) is 11.9 Å². The molecule has 0 unspecified atom stereocenters. The lowest BCUT2D eigenvalue weighted by Crippen LogP contribution is -2.16. The smallest absolute Gasteiger partial charge is 0.165 e. The number of aromatic nitrogens is 3. The van der Waals surface area contributed by atoms with Crippen LogP contribution in [0.5, 0.6) is 5.75 Å². The summed E-state index contributed by atoms with van der Waals surface area (Å²) in [4.78, 5) is 4.99. The number of aryl methyl sites for hydroxylation is 1. The van der Waals surface area contributed by atoms with Crippen LogP contribution >= 0.6 is 0 Å². The number of ether oxygens (including phenoxy) is 1. The van der Waals surface area contributed by atoms with Gasteiger partial charge in [0.05, 0.1) is 18.5 Å². The lowest BCUT2D eigenvalue weighted by Gasteiger charge is -2.20. The van der Waals surface area contributed by atoms with Crippen molar-refractivity contribution < 1.29 is 4.74 Å². The summed E-state index contributed by atoms with van der Waals surface area (Å²) >= 11 is 0. The number of nitrogens with one attached hydrogen (secondary N) is 1. The van der Waals surface area contributed by atoms with Crippen LogP contribution in [0, 0.1) is 6.92 Å². The molecule has 0 radical (unpaired) electrons. The highest BCUT2D eigenvalue weighted by Crippen LogP contribution is 2.31. The van der Waals surface area contributed by atoms with Crippen LogP contribution in [-0.4, -0.2) is 21.2 Å². The van der Waals surface area contributed by atoms with Gasteiger partial charge in [-0.1, -0.05) is 50.6 Å². The molecule has 2 aromatic carbocycles. The minimum Gasteiger partial charge on any atom is -0.494 e. The van der Waals surface area contributed by atoms with Gasteiger partial charge in [0.1, 0.15) is 11.6 Å². The zero-order chi connectivity index (χ0) is 21.3. The summed E-state index contributed by atoms with van der Waals surface area (Å²) in [6.07, 6.45) is 1.89. The Morgan fingerprint density at radius 2 is 1.70 bits per heavy atom. The largest absolute Gasteiger partial charge is 0.494 e. The van der Waals surface area contributed by atoms with Crippen molar-refractivity contribution in [2.24, 2.45) is 0 Å². The third-order valence-corrected chi connectivity index (χ3v) is 5.04. The van der Waals surface area contributed by atoms with E-state index in [2.05, 4.69) is 68.4 Å². The summed E-state index contributed by atoms with van der Waals surface area (Å²) in [6, 6.07) is 18.5. The van der Waals surface area contributed by atoms with Gasteiger partial charge in [0.15, 0.2) is 5.65 Å². The number of benzene rings is 2. The van der Waals surface area contributed by atoms with Gasteiger partial charge in [-0.05, 0) is 43.7 Å². The average Bonchev–Trinajstić information content (AvgIpc) is 3.14. The Morgan fingerprint density at radius 3 is 2.33 bits per heavy atom. The minimum absolute atomic E-state index is 0.0914. The molecule has 0 aliphatic heterocycles. The van der Waals surface area contributed by atoms with E-state index in [1.165, 1.54) is 5.56 Å². The topological polar surface area (TPSA) is 51.5 Å². The fourth-order valence-corrected chi connectivity index (χ4v) is 3.32. The maximum absolute atomic E-state index is 5.55. The number of hydrogen-bond acceptors (Lipinski definition) is 4. The van der Waals surface area contributed by atoms with Crippen LogP contribution in [0.4, 0.5) is 11.5 Å². The highest BCUT2D eigenvalue weighted by molar-refractivity contribution is 5.79. The van der Waals surface area contributed by atoms with Crippen LogP contribution in [0.1, 0.15) is 39.0 Å². The Labute approximate surface area is 177 Å². The predicted molar refractivity (Wildman–Crippen MR) is 123 cm³/mol. The van der Waals surface area contributed by atoms with E-state index in [1.54, 1.807) is 0 Å². The van der Waals surface area contributed by atoms with Gasteiger partial charge < -0.3 is 10.1 Å². The van der Waals surface area contributed by atoms with Gasteiger partial charge in [0.25, 0.3) is 0 Å². The second kappa shape index (κ2) is 7.82. The Bertz CT molecular complexity index is 1150. The zero-order valence-electron chi connectivity index (χ0n) is 18.2. The van der Waals surface area contributed by atoms with Crippen molar-refractivity contribution >= 4 is 17.2 Å². The molecule has 0 atom stereocenters. The number of anilines is 2. The van der Waals surface area contributed by atoms with Gasteiger partial charge in [0.2, 0.25) is 0 Å². The quantitative estimate of drug-likeness (QED) is 0.437. The highest BCUT2D eigenvalue weighted by Gasteiger charge is 2.20. The fourth-order valence-electron chi connectivity index (χ4n) is 3.32. The number of nitrogens with zero attached hydrogens (tertiary/aromatic N) is 3. The van der Waals surface area contributed by atoms with Crippen molar-refractivity contribution in [1.29, 1.82) is 0 Å². The molecule has 2 heterocycles. The first-order valence-corrected chi connectivity index (χ1v) is 10.3. The molecule has 0 spiro atoms. The molecule has 5 nitrogen and oxygen atoms in total. The first-order chi connectivity index (χ1) is 14.3. The fraction of sp³-hybridized carbons (Fsp3) is 0.280. The molecule has 0 saturated heterocycles. The van der Waals surface area contributed by atoms with E-state index in [0.717, 1.165) is 39.7 Å². The highest BCUT2D eigenvalue weighted by atomic mass is 16.5. The van der Waals surface area contributed by atoms with E-state index >= 15 is 0 Å². The Kier molecular flexibility index (Phi) is 5.20. The Hall–Kier alpha value is -3.34. The van der Waals surface area contributed by atoms with E-state index in [-0.39, 0.29) is 5.41 Å². The molecule has 154 valence electrons. The van der Waals surface area contributed by atoms with Crippen LogP contribution in [0.15, 0.2) is 60.8 Å². The zero-order valence-corrected chi connectivity index (χ0v) is 18.2. The summed E-state index contributed by atoms with van der Waals surface area (Å²) in [5.41, 5.74) is 6.11. The predicted octanol–water partition coefficient (Wildman–Crippen LogP) is 6.14. The molecular formula is C25H28N4O. The third kappa shape index (κ3) is 4.01. The van der Waals surface area contributed by atoms with Crippen molar-refractivity contribution in [3.05, 3.63) is 72.1 Å². The van der Waals surface area contributed by atoms with Gasteiger partial charge in [-0.3, -0.25) is 0 Å². The Morgan fingerprint density at radius 1 is 1.00 bits per heavy atom. The molecule has 4 aromatic rings. The molecule has 0 amide bonds. The van der Waals surface area contributed by atoms with Gasteiger partial charge in [0, 0.05) is 22.7 Å². The molecule has 4 rings (SSSR count). The van der Waals surface area contributed by atoms with Crippen LogP contribution in [0.2, 0.25) is 0 Å². The molecule has 5 heteroatoms. The molecule has 30 heavy (non-hydrogen) atoms. The summed E-state index contributed by atoms with van der Waals surface area (Å²) < 4.78 is 7.43. The molecular weight excluding hydrogens is 372 g/mol. The SMILES string of the molecule is CCOc1ccc(Nc2cc(C(C)(C)C)nc3c(-c4ccc(C)cc4)cnn23)cc1. The van der Waals surface area contributed by atoms with E-state index < -0.39 is 0 Å². The van der Waals surface area contributed by atoms with Crippen molar-refractivity contribution in [1.82, 2.24) is 14.6 Å². The molecule has 0 bridgehead atoms. The van der Waals surface area contributed by atoms with Crippen LogP contribution in [0.25, 0.3) is 16.8 Å². The van der Waals surface area contributed by atoms with Crippen molar-refractivity contribution in [3.63, 3.8) is 0 Å².